The van der Waals surface area contributed by atoms with Gasteiger partial charge in [0.1, 0.15) is 0 Å². The van der Waals surface area contributed by atoms with Crippen molar-refractivity contribution in [3.8, 4) is 11.5 Å². The van der Waals surface area contributed by atoms with E-state index >= 15 is 0 Å². The Morgan fingerprint density at radius 2 is 1.85 bits per heavy atom. The SMILES string of the molecule is CCOC(C(N)=O)N1CCN(c2ccc(OC)c(OC3CCCC3)c2)C(Cc2ccccc2)C1. The van der Waals surface area contributed by atoms with Gasteiger partial charge in [0.25, 0.3) is 5.91 Å². The van der Waals surface area contributed by atoms with Gasteiger partial charge < -0.3 is 24.8 Å². The zero-order valence-electron chi connectivity index (χ0n) is 20.3. The largest absolute Gasteiger partial charge is 0.493 e. The van der Waals surface area contributed by atoms with Gasteiger partial charge in [-0.15, -0.1) is 0 Å². The van der Waals surface area contributed by atoms with Gasteiger partial charge in [0.15, 0.2) is 17.7 Å². The smallest absolute Gasteiger partial charge is 0.261 e. The third-order valence-corrected chi connectivity index (χ3v) is 6.80. The summed E-state index contributed by atoms with van der Waals surface area (Å²) < 4.78 is 17.7. The quantitative estimate of drug-likeness (QED) is 0.575. The fourth-order valence-electron chi connectivity index (χ4n) is 5.14. The maximum absolute atomic E-state index is 12.1. The summed E-state index contributed by atoms with van der Waals surface area (Å²) in [6.45, 7) is 4.44. The number of ether oxygens (including phenoxy) is 3. The zero-order valence-corrected chi connectivity index (χ0v) is 20.3. The molecule has 1 saturated heterocycles. The average molecular weight is 468 g/mol. The molecule has 2 aliphatic rings. The number of primary amides is 1. The predicted octanol–water partition coefficient (Wildman–Crippen LogP) is 3.60. The maximum Gasteiger partial charge on any atom is 0.261 e. The van der Waals surface area contributed by atoms with Crippen LogP contribution in [0.25, 0.3) is 0 Å². The van der Waals surface area contributed by atoms with E-state index in [2.05, 4.69) is 46.2 Å². The molecule has 1 saturated carbocycles. The molecular weight excluding hydrogens is 430 g/mol. The van der Waals surface area contributed by atoms with Crippen LogP contribution in [-0.2, 0) is 16.0 Å². The first-order chi connectivity index (χ1) is 16.6. The summed E-state index contributed by atoms with van der Waals surface area (Å²) in [4.78, 5) is 16.6. The molecule has 0 aromatic heterocycles. The Bertz CT molecular complexity index is 933. The van der Waals surface area contributed by atoms with Crippen molar-refractivity contribution < 1.29 is 19.0 Å². The molecule has 7 heteroatoms. The van der Waals surface area contributed by atoms with Crippen LogP contribution in [0.4, 0.5) is 5.69 Å². The monoisotopic (exact) mass is 467 g/mol. The highest BCUT2D eigenvalue weighted by Crippen LogP contribution is 2.36. The van der Waals surface area contributed by atoms with Crippen molar-refractivity contribution in [2.45, 2.75) is 57.4 Å². The highest BCUT2D eigenvalue weighted by molar-refractivity contribution is 5.78. The summed E-state index contributed by atoms with van der Waals surface area (Å²) in [7, 11) is 1.69. The lowest BCUT2D eigenvalue weighted by Crippen LogP contribution is -2.59. The number of rotatable bonds is 10. The predicted molar refractivity (Wildman–Crippen MR) is 133 cm³/mol. The number of carbonyl (C=O) groups excluding carboxylic acids is 1. The normalized spacial score (nSPS) is 20.3. The molecule has 2 fully saturated rings. The van der Waals surface area contributed by atoms with E-state index in [9.17, 15) is 4.79 Å². The molecule has 2 atom stereocenters. The first-order valence-electron chi connectivity index (χ1n) is 12.4. The van der Waals surface area contributed by atoms with Crippen LogP contribution in [0.15, 0.2) is 48.5 Å². The lowest BCUT2D eigenvalue weighted by atomic mass is 10.0. The van der Waals surface area contributed by atoms with E-state index in [0.29, 0.717) is 19.7 Å². The number of benzene rings is 2. The summed E-state index contributed by atoms with van der Waals surface area (Å²) in [6, 6.07) is 16.8. The average Bonchev–Trinajstić information content (AvgIpc) is 3.36. The first kappa shape index (κ1) is 24.4. The molecule has 2 aromatic rings. The Morgan fingerprint density at radius 3 is 2.53 bits per heavy atom. The minimum atomic E-state index is -0.706. The molecule has 1 heterocycles. The second-order valence-corrected chi connectivity index (χ2v) is 9.10. The summed E-state index contributed by atoms with van der Waals surface area (Å²) in [5, 5.41) is 0. The van der Waals surface area contributed by atoms with Crippen molar-refractivity contribution in [1.29, 1.82) is 0 Å². The molecule has 0 radical (unpaired) electrons. The van der Waals surface area contributed by atoms with Crippen molar-refractivity contribution in [3.05, 3.63) is 54.1 Å². The Labute approximate surface area is 202 Å². The molecule has 1 amide bonds. The highest BCUT2D eigenvalue weighted by atomic mass is 16.5. The van der Waals surface area contributed by atoms with E-state index < -0.39 is 12.1 Å². The number of hydrogen-bond acceptors (Lipinski definition) is 6. The number of nitrogens with two attached hydrogens (primary N) is 1. The molecule has 0 bridgehead atoms. The molecule has 2 unspecified atom stereocenters. The van der Waals surface area contributed by atoms with Gasteiger partial charge in [-0.05, 0) is 56.7 Å². The van der Waals surface area contributed by atoms with Crippen LogP contribution < -0.4 is 20.1 Å². The second kappa shape index (κ2) is 11.6. The molecule has 4 rings (SSSR count). The number of hydrogen-bond donors (Lipinski definition) is 1. The molecular formula is C27H37N3O4. The van der Waals surface area contributed by atoms with E-state index in [1.54, 1.807) is 7.11 Å². The molecule has 184 valence electrons. The van der Waals surface area contributed by atoms with Crippen LogP contribution in [-0.4, -0.2) is 62.5 Å². The van der Waals surface area contributed by atoms with Crippen molar-refractivity contribution in [2.75, 3.05) is 38.3 Å². The number of methoxy groups -OCH3 is 1. The molecule has 7 nitrogen and oxygen atoms in total. The molecule has 1 aliphatic heterocycles. The zero-order chi connectivity index (χ0) is 23.9. The van der Waals surface area contributed by atoms with Gasteiger partial charge in [0.05, 0.1) is 13.2 Å². The van der Waals surface area contributed by atoms with E-state index in [0.717, 1.165) is 43.0 Å². The molecule has 0 spiro atoms. The van der Waals surface area contributed by atoms with Crippen molar-refractivity contribution in [3.63, 3.8) is 0 Å². The number of anilines is 1. The number of nitrogens with zero attached hydrogens (tertiary/aromatic N) is 2. The third-order valence-electron chi connectivity index (χ3n) is 6.80. The van der Waals surface area contributed by atoms with Crippen molar-refractivity contribution in [1.82, 2.24) is 4.90 Å². The van der Waals surface area contributed by atoms with E-state index in [-0.39, 0.29) is 12.1 Å². The van der Waals surface area contributed by atoms with Crippen LogP contribution in [0.1, 0.15) is 38.2 Å². The number of piperazine rings is 1. The van der Waals surface area contributed by atoms with Gasteiger partial charge in [-0.3, -0.25) is 9.69 Å². The Balaban J connectivity index is 1.60. The van der Waals surface area contributed by atoms with Crippen molar-refractivity contribution in [2.24, 2.45) is 5.73 Å². The number of amides is 1. The van der Waals surface area contributed by atoms with Gasteiger partial charge >= 0.3 is 0 Å². The van der Waals surface area contributed by atoms with E-state index in [1.807, 2.05) is 19.1 Å². The fraction of sp³-hybridized carbons (Fsp3) is 0.519. The van der Waals surface area contributed by atoms with Crippen LogP contribution >= 0.6 is 0 Å². The van der Waals surface area contributed by atoms with Crippen LogP contribution in [0, 0.1) is 0 Å². The Kier molecular flexibility index (Phi) is 8.29. The van der Waals surface area contributed by atoms with E-state index in [1.165, 1.54) is 18.4 Å². The maximum atomic E-state index is 12.1. The molecule has 34 heavy (non-hydrogen) atoms. The summed E-state index contributed by atoms with van der Waals surface area (Å²) in [5.74, 6) is 1.13. The van der Waals surface area contributed by atoms with E-state index in [4.69, 9.17) is 19.9 Å². The van der Waals surface area contributed by atoms with Crippen molar-refractivity contribution >= 4 is 11.6 Å². The molecule has 2 N–H and O–H groups in total. The summed E-state index contributed by atoms with van der Waals surface area (Å²) in [6.07, 6.45) is 5.01. The Hall–Kier alpha value is -2.77. The van der Waals surface area contributed by atoms with Gasteiger partial charge in [-0.2, -0.15) is 0 Å². The number of carbonyl (C=O) groups is 1. The first-order valence-corrected chi connectivity index (χ1v) is 12.4. The second-order valence-electron chi connectivity index (χ2n) is 9.10. The van der Waals surface area contributed by atoms with Crippen LogP contribution in [0.5, 0.6) is 11.5 Å². The fourth-order valence-corrected chi connectivity index (χ4v) is 5.14. The van der Waals surface area contributed by atoms with Gasteiger partial charge in [0.2, 0.25) is 0 Å². The van der Waals surface area contributed by atoms with Gasteiger partial charge in [0, 0.05) is 44.0 Å². The third kappa shape index (κ3) is 5.83. The van der Waals surface area contributed by atoms with Crippen LogP contribution in [0.3, 0.4) is 0 Å². The minimum absolute atomic E-state index is 0.145. The molecule has 1 aliphatic carbocycles. The summed E-state index contributed by atoms with van der Waals surface area (Å²) in [5.41, 5.74) is 8.03. The highest BCUT2D eigenvalue weighted by Gasteiger charge is 2.34. The minimum Gasteiger partial charge on any atom is -0.493 e. The molecule has 2 aromatic carbocycles. The standard InChI is InChI=1S/C27H37N3O4/c1-3-33-27(26(28)31)29-15-16-30(22(19-29)17-20-9-5-4-6-10-20)21-13-14-24(32-2)25(18-21)34-23-11-7-8-12-23/h4-6,9-10,13-14,18,22-23,27H,3,7-8,11-12,15-17,19H2,1-2H3,(H2,28,31). The lowest BCUT2D eigenvalue weighted by molar-refractivity contribution is -0.143. The lowest BCUT2D eigenvalue weighted by Gasteiger charge is -2.44. The summed E-state index contributed by atoms with van der Waals surface area (Å²) >= 11 is 0. The van der Waals surface area contributed by atoms with Crippen LogP contribution in [0.2, 0.25) is 0 Å². The Morgan fingerprint density at radius 1 is 1.09 bits per heavy atom. The topological polar surface area (TPSA) is 77.3 Å². The van der Waals surface area contributed by atoms with Gasteiger partial charge in [-0.25, -0.2) is 0 Å². The van der Waals surface area contributed by atoms with Gasteiger partial charge in [-0.1, -0.05) is 30.3 Å².